The molecular formula is C22H21N5O2. The molecule has 0 aliphatic heterocycles. The zero-order chi connectivity index (χ0) is 19.8. The number of aromatic nitrogens is 4. The van der Waals surface area contributed by atoms with Crippen molar-refractivity contribution in [1.82, 2.24) is 19.7 Å². The molecule has 3 heterocycles. The molecule has 4 aromatic rings. The topological polar surface area (TPSA) is 85.8 Å². The van der Waals surface area contributed by atoms with Crippen LogP contribution >= 0.6 is 0 Å². The maximum Gasteiger partial charge on any atom is 0.246 e. The third-order valence-corrected chi connectivity index (χ3v) is 5.40. The van der Waals surface area contributed by atoms with Crippen molar-refractivity contribution in [1.29, 1.82) is 0 Å². The average molecular weight is 387 g/mol. The van der Waals surface area contributed by atoms with E-state index >= 15 is 0 Å². The first-order valence-corrected chi connectivity index (χ1v) is 9.81. The first-order valence-electron chi connectivity index (χ1n) is 9.81. The van der Waals surface area contributed by atoms with Crippen LogP contribution in [0.5, 0.6) is 0 Å². The van der Waals surface area contributed by atoms with E-state index in [-0.39, 0.29) is 12.5 Å². The van der Waals surface area contributed by atoms with Crippen LogP contribution in [0.3, 0.4) is 0 Å². The summed E-state index contributed by atoms with van der Waals surface area (Å²) < 4.78 is 6.88. The Hall–Kier alpha value is -3.48. The Balaban J connectivity index is 1.36. The van der Waals surface area contributed by atoms with Gasteiger partial charge in [0.05, 0.1) is 11.9 Å². The summed E-state index contributed by atoms with van der Waals surface area (Å²) in [5, 5.41) is 8.18. The van der Waals surface area contributed by atoms with Gasteiger partial charge in [-0.15, -0.1) is 0 Å². The van der Waals surface area contributed by atoms with Crippen LogP contribution in [0, 0.1) is 5.92 Å². The zero-order valence-electron chi connectivity index (χ0n) is 16.1. The Morgan fingerprint density at radius 1 is 1.31 bits per heavy atom. The molecule has 7 nitrogen and oxygen atoms in total. The summed E-state index contributed by atoms with van der Waals surface area (Å²) in [5.74, 6) is 0.559. The van der Waals surface area contributed by atoms with E-state index in [2.05, 4.69) is 28.4 Å². The van der Waals surface area contributed by atoms with Gasteiger partial charge >= 0.3 is 0 Å². The molecule has 1 atom stereocenters. The van der Waals surface area contributed by atoms with E-state index in [9.17, 15) is 4.79 Å². The van der Waals surface area contributed by atoms with Crippen molar-refractivity contribution in [3.05, 3.63) is 54.7 Å². The second-order valence-corrected chi connectivity index (χ2v) is 7.60. The molecule has 3 aromatic heterocycles. The molecule has 0 saturated heterocycles. The van der Waals surface area contributed by atoms with E-state index in [1.807, 2.05) is 12.1 Å². The zero-order valence-corrected chi connectivity index (χ0v) is 16.1. The van der Waals surface area contributed by atoms with Crippen LogP contribution in [0.4, 0.5) is 5.69 Å². The number of carbonyl (C=O) groups is 1. The molecule has 1 N–H and O–H groups in total. The summed E-state index contributed by atoms with van der Waals surface area (Å²) >= 11 is 0. The number of nitrogens with zero attached hydrogens (tertiary/aromatic N) is 4. The van der Waals surface area contributed by atoms with Crippen LogP contribution in [0.15, 0.2) is 53.4 Å². The maximum atomic E-state index is 12.6. The van der Waals surface area contributed by atoms with E-state index in [1.54, 1.807) is 29.1 Å². The van der Waals surface area contributed by atoms with Gasteiger partial charge in [0.2, 0.25) is 5.91 Å². The molecule has 29 heavy (non-hydrogen) atoms. The summed E-state index contributed by atoms with van der Waals surface area (Å²) in [4.78, 5) is 21.5. The van der Waals surface area contributed by atoms with E-state index in [4.69, 9.17) is 9.40 Å². The first kappa shape index (κ1) is 17.6. The Bertz CT molecular complexity index is 1240. The molecule has 0 bridgehead atoms. The van der Waals surface area contributed by atoms with E-state index < -0.39 is 0 Å². The van der Waals surface area contributed by atoms with E-state index in [0.29, 0.717) is 16.8 Å². The van der Waals surface area contributed by atoms with E-state index in [0.717, 1.165) is 35.5 Å². The monoisotopic (exact) mass is 387 g/mol. The van der Waals surface area contributed by atoms with Gasteiger partial charge in [0.25, 0.3) is 0 Å². The van der Waals surface area contributed by atoms with Crippen LogP contribution in [0.2, 0.25) is 0 Å². The molecule has 1 unspecified atom stereocenters. The molecule has 0 saturated carbocycles. The van der Waals surface area contributed by atoms with Crippen molar-refractivity contribution in [3.8, 4) is 0 Å². The largest absolute Gasteiger partial charge is 0.443 e. The lowest BCUT2D eigenvalue weighted by molar-refractivity contribution is -0.116. The van der Waals surface area contributed by atoms with Gasteiger partial charge in [0.1, 0.15) is 12.1 Å². The third kappa shape index (κ3) is 3.51. The molecule has 0 fully saturated rings. The molecule has 7 heteroatoms. The highest BCUT2D eigenvalue weighted by Gasteiger charge is 2.15. The standard InChI is InChI=1S/C22H21N5O2/c1-14-2-4-15(5-3-14)18-8-6-16-11-24-27(22(16)26-18)12-21(28)25-17-7-9-20-19(10-17)23-13-29-20/h4,6-11,13-14H,2-3,5,12H2,1H3,(H,25,28). The van der Waals surface area contributed by atoms with Crippen molar-refractivity contribution >= 4 is 39.3 Å². The predicted octanol–water partition coefficient (Wildman–Crippen LogP) is 4.41. The van der Waals surface area contributed by atoms with Gasteiger partial charge in [-0.05, 0) is 61.1 Å². The number of nitrogens with one attached hydrogen (secondary N) is 1. The second-order valence-electron chi connectivity index (χ2n) is 7.60. The van der Waals surface area contributed by atoms with Gasteiger partial charge in [0, 0.05) is 11.1 Å². The number of hydrogen-bond acceptors (Lipinski definition) is 5. The lowest BCUT2D eigenvalue weighted by Gasteiger charge is -2.17. The van der Waals surface area contributed by atoms with Crippen LogP contribution in [-0.2, 0) is 11.3 Å². The van der Waals surface area contributed by atoms with Crippen LogP contribution in [-0.4, -0.2) is 25.7 Å². The number of pyridine rings is 1. The summed E-state index contributed by atoms with van der Waals surface area (Å²) in [5.41, 5.74) is 5.04. The van der Waals surface area contributed by atoms with Gasteiger partial charge in [-0.2, -0.15) is 5.10 Å². The summed E-state index contributed by atoms with van der Waals surface area (Å²) in [6, 6.07) is 9.43. The molecule has 146 valence electrons. The molecule has 0 spiro atoms. The minimum absolute atomic E-state index is 0.0902. The van der Waals surface area contributed by atoms with Crippen LogP contribution < -0.4 is 5.32 Å². The van der Waals surface area contributed by atoms with Crippen molar-refractivity contribution in [2.75, 3.05) is 5.32 Å². The highest BCUT2D eigenvalue weighted by molar-refractivity contribution is 5.93. The second kappa shape index (κ2) is 7.16. The van der Waals surface area contributed by atoms with Gasteiger partial charge in [0.15, 0.2) is 17.6 Å². The van der Waals surface area contributed by atoms with Crippen molar-refractivity contribution < 1.29 is 9.21 Å². The Morgan fingerprint density at radius 3 is 3.10 bits per heavy atom. The molecule has 5 rings (SSSR count). The fourth-order valence-electron chi connectivity index (χ4n) is 3.72. The van der Waals surface area contributed by atoms with Gasteiger partial charge < -0.3 is 9.73 Å². The van der Waals surface area contributed by atoms with E-state index in [1.165, 1.54) is 18.4 Å². The Morgan fingerprint density at radius 2 is 2.24 bits per heavy atom. The highest BCUT2D eigenvalue weighted by atomic mass is 16.3. The fourth-order valence-corrected chi connectivity index (χ4v) is 3.72. The molecular weight excluding hydrogens is 366 g/mol. The number of carbonyl (C=O) groups excluding carboxylic acids is 1. The SMILES string of the molecule is CC1CC=C(c2ccc3cnn(CC(=O)Nc4ccc5ocnc5c4)c3n2)CC1. The number of benzene rings is 1. The molecule has 1 aliphatic rings. The summed E-state index contributed by atoms with van der Waals surface area (Å²) in [6.07, 6.45) is 8.74. The van der Waals surface area contributed by atoms with Gasteiger partial charge in [-0.25, -0.2) is 14.6 Å². The first-order chi connectivity index (χ1) is 14.2. The molecule has 1 aliphatic carbocycles. The molecule has 0 radical (unpaired) electrons. The number of oxazole rings is 1. The van der Waals surface area contributed by atoms with Gasteiger partial charge in [-0.1, -0.05) is 13.0 Å². The maximum absolute atomic E-state index is 12.6. The molecule has 1 amide bonds. The number of anilines is 1. The number of fused-ring (bicyclic) bond motifs is 2. The number of amides is 1. The van der Waals surface area contributed by atoms with Gasteiger partial charge in [-0.3, -0.25) is 4.79 Å². The number of rotatable bonds is 4. The Kier molecular flexibility index (Phi) is 4.35. The number of hydrogen-bond donors (Lipinski definition) is 1. The lowest BCUT2D eigenvalue weighted by Crippen LogP contribution is -2.19. The smallest absolute Gasteiger partial charge is 0.246 e. The van der Waals surface area contributed by atoms with Crippen LogP contribution in [0.1, 0.15) is 31.9 Å². The highest BCUT2D eigenvalue weighted by Crippen LogP contribution is 2.29. The average Bonchev–Trinajstić information content (AvgIpc) is 3.35. The summed E-state index contributed by atoms with van der Waals surface area (Å²) in [6.45, 7) is 2.37. The molecule has 1 aromatic carbocycles. The third-order valence-electron chi connectivity index (χ3n) is 5.40. The normalized spacial score (nSPS) is 16.9. The van der Waals surface area contributed by atoms with Crippen molar-refractivity contribution in [2.45, 2.75) is 32.7 Å². The number of allylic oxidation sites excluding steroid dienone is 2. The minimum atomic E-state index is -0.171. The summed E-state index contributed by atoms with van der Waals surface area (Å²) in [7, 11) is 0. The predicted molar refractivity (Wildman–Crippen MR) is 111 cm³/mol. The quantitative estimate of drug-likeness (QED) is 0.560. The van der Waals surface area contributed by atoms with Crippen molar-refractivity contribution in [3.63, 3.8) is 0 Å². The Labute approximate surface area is 167 Å². The fraction of sp³-hybridized carbons (Fsp3) is 0.273. The minimum Gasteiger partial charge on any atom is -0.443 e. The van der Waals surface area contributed by atoms with Crippen LogP contribution in [0.25, 0.3) is 27.7 Å². The lowest BCUT2D eigenvalue weighted by atomic mass is 9.89. The van der Waals surface area contributed by atoms with Crippen molar-refractivity contribution in [2.24, 2.45) is 5.92 Å².